The Balaban J connectivity index is 2.35. The summed E-state index contributed by atoms with van der Waals surface area (Å²) in [6, 6.07) is 6.70. The minimum atomic E-state index is -4.47. The SMILES string of the molecule is Cc1ccc(Sc2cc(C(F)(F)F)ncc2N)cc1C. The molecule has 0 saturated heterocycles. The Morgan fingerprint density at radius 3 is 2.40 bits per heavy atom. The lowest BCUT2D eigenvalue weighted by atomic mass is 10.1. The van der Waals surface area contributed by atoms with Gasteiger partial charge >= 0.3 is 6.18 Å². The van der Waals surface area contributed by atoms with Crippen molar-refractivity contribution >= 4 is 17.4 Å². The highest BCUT2D eigenvalue weighted by Gasteiger charge is 2.33. The maximum Gasteiger partial charge on any atom is 0.433 e. The van der Waals surface area contributed by atoms with Crippen molar-refractivity contribution in [2.75, 3.05) is 5.73 Å². The average molecular weight is 298 g/mol. The molecule has 0 bridgehead atoms. The molecule has 0 amide bonds. The van der Waals surface area contributed by atoms with Crippen molar-refractivity contribution in [1.29, 1.82) is 0 Å². The molecular formula is C14H13F3N2S. The second kappa shape index (κ2) is 5.36. The molecule has 106 valence electrons. The predicted octanol–water partition coefficient (Wildman–Crippen LogP) is 4.45. The van der Waals surface area contributed by atoms with Gasteiger partial charge in [-0.15, -0.1) is 0 Å². The third-order valence-electron chi connectivity index (χ3n) is 2.89. The molecule has 20 heavy (non-hydrogen) atoms. The number of halogens is 3. The molecule has 0 aliphatic heterocycles. The number of alkyl halides is 3. The molecule has 2 nitrogen and oxygen atoms in total. The van der Waals surface area contributed by atoms with Crippen molar-refractivity contribution in [2.45, 2.75) is 29.8 Å². The van der Waals surface area contributed by atoms with Crippen LogP contribution >= 0.6 is 11.8 Å². The van der Waals surface area contributed by atoms with Crippen LogP contribution in [0.3, 0.4) is 0 Å². The van der Waals surface area contributed by atoms with Crippen LogP contribution in [-0.2, 0) is 6.18 Å². The van der Waals surface area contributed by atoms with Gasteiger partial charge in [0.25, 0.3) is 0 Å². The molecule has 2 rings (SSSR count). The van der Waals surface area contributed by atoms with Gasteiger partial charge in [0, 0.05) is 9.79 Å². The van der Waals surface area contributed by atoms with Gasteiger partial charge in [-0.3, -0.25) is 0 Å². The number of pyridine rings is 1. The van der Waals surface area contributed by atoms with E-state index >= 15 is 0 Å². The van der Waals surface area contributed by atoms with Crippen molar-refractivity contribution < 1.29 is 13.2 Å². The first-order chi connectivity index (χ1) is 9.27. The highest BCUT2D eigenvalue weighted by molar-refractivity contribution is 7.99. The summed E-state index contributed by atoms with van der Waals surface area (Å²) in [6.07, 6.45) is -3.42. The van der Waals surface area contributed by atoms with Gasteiger partial charge in [-0.1, -0.05) is 17.8 Å². The molecule has 1 aromatic heterocycles. The number of nitrogens with zero attached hydrogens (tertiary/aromatic N) is 1. The second-order valence-corrected chi connectivity index (χ2v) is 5.57. The molecule has 0 atom stereocenters. The van der Waals surface area contributed by atoms with Crippen molar-refractivity contribution in [3.8, 4) is 0 Å². The minimum Gasteiger partial charge on any atom is -0.397 e. The number of rotatable bonds is 2. The van der Waals surface area contributed by atoms with E-state index in [0.717, 1.165) is 28.3 Å². The minimum absolute atomic E-state index is 0.237. The van der Waals surface area contributed by atoms with E-state index in [-0.39, 0.29) is 5.69 Å². The van der Waals surface area contributed by atoms with Crippen molar-refractivity contribution in [3.05, 3.63) is 47.3 Å². The number of aromatic nitrogens is 1. The number of nitrogens with two attached hydrogens (primary N) is 1. The van der Waals surface area contributed by atoms with Crippen LogP contribution in [0.15, 0.2) is 40.3 Å². The molecular weight excluding hydrogens is 285 g/mol. The maximum absolute atomic E-state index is 12.6. The number of aryl methyl sites for hydroxylation is 2. The van der Waals surface area contributed by atoms with Crippen molar-refractivity contribution in [2.24, 2.45) is 0 Å². The predicted molar refractivity (Wildman–Crippen MR) is 73.7 cm³/mol. The number of anilines is 1. The number of hydrogen-bond acceptors (Lipinski definition) is 3. The zero-order chi connectivity index (χ0) is 14.9. The Kier molecular flexibility index (Phi) is 3.94. The van der Waals surface area contributed by atoms with Crippen LogP contribution in [0.25, 0.3) is 0 Å². The quantitative estimate of drug-likeness (QED) is 0.890. The lowest BCUT2D eigenvalue weighted by Crippen LogP contribution is -2.08. The Bertz CT molecular complexity index is 639. The maximum atomic E-state index is 12.6. The average Bonchev–Trinajstić information content (AvgIpc) is 2.35. The van der Waals surface area contributed by atoms with E-state index in [1.54, 1.807) is 0 Å². The van der Waals surface area contributed by atoms with Crippen LogP contribution < -0.4 is 5.73 Å². The van der Waals surface area contributed by atoms with E-state index < -0.39 is 11.9 Å². The summed E-state index contributed by atoms with van der Waals surface area (Å²) in [6.45, 7) is 3.93. The van der Waals surface area contributed by atoms with E-state index in [2.05, 4.69) is 4.98 Å². The number of hydrogen-bond donors (Lipinski definition) is 1. The Morgan fingerprint density at radius 1 is 1.10 bits per heavy atom. The van der Waals surface area contributed by atoms with Crippen LogP contribution in [0.2, 0.25) is 0 Å². The summed E-state index contributed by atoms with van der Waals surface area (Å²) in [5.74, 6) is 0. The summed E-state index contributed by atoms with van der Waals surface area (Å²) in [5, 5.41) is 0. The summed E-state index contributed by atoms with van der Waals surface area (Å²) >= 11 is 1.20. The van der Waals surface area contributed by atoms with E-state index in [9.17, 15) is 13.2 Å². The summed E-state index contributed by atoms with van der Waals surface area (Å²) in [7, 11) is 0. The van der Waals surface area contributed by atoms with Gasteiger partial charge in [-0.2, -0.15) is 13.2 Å². The second-order valence-electron chi connectivity index (χ2n) is 4.45. The fourth-order valence-electron chi connectivity index (χ4n) is 1.60. The van der Waals surface area contributed by atoms with Crippen LogP contribution in [-0.4, -0.2) is 4.98 Å². The fraction of sp³-hybridized carbons (Fsp3) is 0.214. The zero-order valence-electron chi connectivity index (χ0n) is 11.0. The van der Waals surface area contributed by atoms with Crippen LogP contribution in [0.4, 0.5) is 18.9 Å². The summed E-state index contributed by atoms with van der Waals surface area (Å²) < 4.78 is 37.9. The first-order valence-electron chi connectivity index (χ1n) is 5.85. The largest absolute Gasteiger partial charge is 0.433 e. The van der Waals surface area contributed by atoms with Crippen LogP contribution in [0.1, 0.15) is 16.8 Å². The Labute approximate surface area is 119 Å². The Morgan fingerprint density at radius 2 is 1.80 bits per heavy atom. The number of nitrogen functional groups attached to an aromatic ring is 1. The monoisotopic (exact) mass is 298 g/mol. The molecule has 0 fully saturated rings. The van der Waals surface area contributed by atoms with Gasteiger partial charge < -0.3 is 5.73 Å². The van der Waals surface area contributed by atoms with Crippen LogP contribution in [0.5, 0.6) is 0 Å². The van der Waals surface area contributed by atoms with Crippen LogP contribution in [0, 0.1) is 13.8 Å². The smallest absolute Gasteiger partial charge is 0.397 e. The zero-order valence-corrected chi connectivity index (χ0v) is 11.8. The third kappa shape index (κ3) is 3.25. The van der Waals surface area contributed by atoms with Crippen molar-refractivity contribution in [3.63, 3.8) is 0 Å². The molecule has 0 aliphatic carbocycles. The lowest BCUT2D eigenvalue weighted by Gasteiger charge is -2.10. The molecule has 2 aromatic rings. The molecule has 0 aliphatic rings. The molecule has 0 radical (unpaired) electrons. The molecule has 1 heterocycles. The van der Waals surface area contributed by atoms with E-state index in [0.29, 0.717) is 4.90 Å². The van der Waals surface area contributed by atoms with E-state index in [1.165, 1.54) is 11.8 Å². The van der Waals surface area contributed by atoms with E-state index in [1.807, 2.05) is 32.0 Å². The molecule has 6 heteroatoms. The molecule has 0 unspecified atom stereocenters. The fourth-order valence-corrected chi connectivity index (χ4v) is 2.56. The van der Waals surface area contributed by atoms with Gasteiger partial charge in [-0.25, -0.2) is 4.98 Å². The standard InChI is InChI=1S/C14H13F3N2S/c1-8-3-4-10(5-9(8)2)20-12-6-13(14(15,16)17)19-7-11(12)18/h3-7H,18H2,1-2H3. The molecule has 1 aromatic carbocycles. The first kappa shape index (κ1) is 14.7. The van der Waals surface area contributed by atoms with Gasteiger partial charge in [0.2, 0.25) is 0 Å². The Hall–Kier alpha value is -1.69. The molecule has 2 N–H and O–H groups in total. The highest BCUT2D eigenvalue weighted by atomic mass is 32.2. The lowest BCUT2D eigenvalue weighted by molar-refractivity contribution is -0.141. The van der Waals surface area contributed by atoms with Gasteiger partial charge in [0.15, 0.2) is 0 Å². The van der Waals surface area contributed by atoms with Gasteiger partial charge in [0.1, 0.15) is 5.69 Å². The normalized spacial score (nSPS) is 11.7. The van der Waals surface area contributed by atoms with Gasteiger partial charge in [0.05, 0.1) is 11.9 Å². The first-order valence-corrected chi connectivity index (χ1v) is 6.67. The third-order valence-corrected chi connectivity index (χ3v) is 3.95. The highest BCUT2D eigenvalue weighted by Crippen LogP contribution is 2.36. The number of benzene rings is 1. The van der Waals surface area contributed by atoms with Crippen molar-refractivity contribution in [1.82, 2.24) is 4.98 Å². The topological polar surface area (TPSA) is 38.9 Å². The summed E-state index contributed by atoms with van der Waals surface area (Å²) in [5.41, 5.74) is 7.22. The summed E-state index contributed by atoms with van der Waals surface area (Å²) in [4.78, 5) is 4.52. The molecule has 0 spiro atoms. The van der Waals surface area contributed by atoms with Gasteiger partial charge in [-0.05, 0) is 43.2 Å². The van der Waals surface area contributed by atoms with E-state index in [4.69, 9.17) is 5.73 Å². The molecule has 0 saturated carbocycles.